The molecule has 0 N–H and O–H groups in total. The van der Waals surface area contributed by atoms with Gasteiger partial charge in [-0.15, -0.1) is 0 Å². The van der Waals surface area contributed by atoms with Crippen LogP contribution in [-0.2, 0) is 39.8 Å². The van der Waals surface area contributed by atoms with Gasteiger partial charge >= 0.3 is 11.9 Å². The van der Waals surface area contributed by atoms with E-state index in [0.717, 1.165) is 28.0 Å². The summed E-state index contributed by atoms with van der Waals surface area (Å²) in [5, 5.41) is 7.82. The Hall–Kier alpha value is -3.68. The first-order chi connectivity index (χ1) is 17.2. The lowest BCUT2D eigenvalue weighted by molar-refractivity contribution is -0.170. The number of aryl methyl sites for hydroxylation is 2. The number of rotatable bonds is 6. The molecule has 36 heavy (non-hydrogen) atoms. The first kappa shape index (κ1) is 26.9. The molecule has 0 radical (unpaired) electrons. The Labute approximate surface area is 212 Å². The van der Waals surface area contributed by atoms with Crippen LogP contribution in [0.1, 0.15) is 56.4 Å². The fourth-order valence-corrected chi connectivity index (χ4v) is 4.15. The number of ether oxygens (including phenoxy) is 2. The smallest absolute Gasteiger partial charge is 0.358 e. The second-order valence-electron chi connectivity index (χ2n) is 8.95. The zero-order valence-corrected chi connectivity index (χ0v) is 21.8. The highest BCUT2D eigenvalue weighted by Crippen LogP contribution is 2.36. The zero-order chi connectivity index (χ0) is 26.3. The van der Waals surface area contributed by atoms with Gasteiger partial charge in [-0.05, 0) is 47.1 Å². The Bertz CT molecular complexity index is 1140. The molecule has 8 nitrogen and oxygen atoms in total. The lowest BCUT2D eigenvalue weighted by atomic mass is 9.77. The number of hydrogen-bond acceptors (Lipinski definition) is 8. The van der Waals surface area contributed by atoms with Crippen molar-refractivity contribution in [3.8, 4) is 0 Å². The molecule has 0 spiro atoms. The molecular formula is C28H34N2O6. The van der Waals surface area contributed by atoms with Gasteiger partial charge < -0.3 is 19.1 Å². The fourth-order valence-electron chi connectivity index (χ4n) is 4.15. The summed E-state index contributed by atoms with van der Waals surface area (Å²) in [6.07, 6.45) is 0.439. The van der Waals surface area contributed by atoms with Crippen molar-refractivity contribution in [3.05, 3.63) is 70.8 Å². The van der Waals surface area contributed by atoms with Gasteiger partial charge in [0.1, 0.15) is 6.61 Å². The lowest BCUT2D eigenvalue weighted by Crippen LogP contribution is -2.44. The van der Waals surface area contributed by atoms with Gasteiger partial charge in [-0.2, -0.15) is 0 Å². The van der Waals surface area contributed by atoms with Crippen molar-refractivity contribution in [3.63, 3.8) is 0 Å². The number of carbonyl (C=O) groups excluding carboxylic acids is 2. The van der Waals surface area contributed by atoms with Crippen molar-refractivity contribution in [1.29, 1.82) is 0 Å². The van der Waals surface area contributed by atoms with Crippen molar-refractivity contribution >= 4 is 23.4 Å². The van der Waals surface area contributed by atoms with E-state index >= 15 is 0 Å². The standard InChI is InChI=1S/2C14H17NO3/c1-4-17-13(16)14(9-18-15-11(14)3)12-7-5-10(2)6-8-12;1-4-17-13(16)14(9-11(3)15-18-14)12-7-5-10(2)6-8-12/h2*5-8H,4,9H2,1-3H3/t2*14-/m10/s1. The minimum atomic E-state index is -1.10. The maximum atomic E-state index is 12.3. The Morgan fingerprint density at radius 2 is 1.33 bits per heavy atom. The first-order valence-electron chi connectivity index (χ1n) is 12.1. The van der Waals surface area contributed by atoms with Crippen molar-refractivity contribution in [2.75, 3.05) is 19.8 Å². The van der Waals surface area contributed by atoms with E-state index in [1.54, 1.807) is 20.8 Å². The fraction of sp³-hybridized carbons (Fsp3) is 0.429. The van der Waals surface area contributed by atoms with Crippen LogP contribution in [0.5, 0.6) is 0 Å². The largest absolute Gasteiger partial charge is 0.465 e. The van der Waals surface area contributed by atoms with Gasteiger partial charge in [-0.3, -0.25) is 4.79 Å². The molecule has 0 aliphatic carbocycles. The molecule has 0 amide bonds. The van der Waals surface area contributed by atoms with Crippen molar-refractivity contribution in [2.45, 2.75) is 59.0 Å². The van der Waals surface area contributed by atoms with Crippen molar-refractivity contribution < 1.29 is 28.7 Å². The lowest BCUT2D eigenvalue weighted by Gasteiger charge is -2.25. The summed E-state index contributed by atoms with van der Waals surface area (Å²) in [6, 6.07) is 15.5. The number of esters is 2. The van der Waals surface area contributed by atoms with Crippen LogP contribution in [0.15, 0.2) is 58.8 Å². The van der Waals surface area contributed by atoms with Gasteiger partial charge in [0.2, 0.25) is 0 Å². The third-order valence-electron chi connectivity index (χ3n) is 6.25. The van der Waals surface area contributed by atoms with E-state index < -0.39 is 11.0 Å². The van der Waals surface area contributed by atoms with E-state index in [2.05, 4.69) is 10.3 Å². The van der Waals surface area contributed by atoms with E-state index in [1.807, 2.05) is 69.3 Å². The molecule has 0 saturated carbocycles. The van der Waals surface area contributed by atoms with E-state index in [9.17, 15) is 9.59 Å². The Morgan fingerprint density at radius 3 is 1.78 bits per heavy atom. The van der Waals surface area contributed by atoms with Crippen LogP contribution < -0.4 is 0 Å². The van der Waals surface area contributed by atoms with E-state index in [4.69, 9.17) is 19.1 Å². The third kappa shape index (κ3) is 5.27. The van der Waals surface area contributed by atoms with Crippen molar-refractivity contribution in [2.24, 2.45) is 10.3 Å². The van der Waals surface area contributed by atoms with Crippen LogP contribution in [0.25, 0.3) is 0 Å². The molecule has 2 aliphatic heterocycles. The quantitative estimate of drug-likeness (QED) is 0.538. The number of nitrogens with zero attached hydrogens (tertiary/aromatic N) is 2. The molecule has 2 aliphatic rings. The molecule has 0 fully saturated rings. The number of benzene rings is 2. The summed E-state index contributed by atoms with van der Waals surface area (Å²) in [5.41, 5.74) is 3.38. The van der Waals surface area contributed by atoms with Crippen LogP contribution in [-0.4, -0.2) is 43.2 Å². The molecule has 2 aromatic carbocycles. The van der Waals surface area contributed by atoms with Crippen LogP contribution in [0.2, 0.25) is 0 Å². The molecule has 4 rings (SSSR count). The monoisotopic (exact) mass is 494 g/mol. The number of carbonyl (C=O) groups is 2. The summed E-state index contributed by atoms with van der Waals surface area (Å²) >= 11 is 0. The molecule has 8 heteroatoms. The van der Waals surface area contributed by atoms with Crippen LogP contribution in [0, 0.1) is 13.8 Å². The van der Waals surface area contributed by atoms with E-state index in [-0.39, 0.29) is 18.5 Å². The van der Waals surface area contributed by atoms with Crippen LogP contribution in [0.4, 0.5) is 0 Å². The summed E-state index contributed by atoms with van der Waals surface area (Å²) in [7, 11) is 0. The average molecular weight is 495 g/mol. The second-order valence-corrected chi connectivity index (χ2v) is 8.95. The minimum absolute atomic E-state index is 0.209. The third-order valence-corrected chi connectivity index (χ3v) is 6.25. The highest BCUT2D eigenvalue weighted by atomic mass is 16.7. The summed E-state index contributed by atoms with van der Waals surface area (Å²) in [6.45, 7) is 12.1. The normalized spacial score (nSPS) is 22.3. The van der Waals surface area contributed by atoms with Crippen LogP contribution >= 0.6 is 0 Å². The predicted molar refractivity (Wildman–Crippen MR) is 137 cm³/mol. The van der Waals surface area contributed by atoms with Gasteiger partial charge in [-0.1, -0.05) is 70.0 Å². The molecule has 0 unspecified atom stereocenters. The van der Waals surface area contributed by atoms with Crippen molar-refractivity contribution in [1.82, 2.24) is 0 Å². The maximum absolute atomic E-state index is 12.3. The summed E-state index contributed by atoms with van der Waals surface area (Å²) in [5.74, 6) is -0.679. The van der Waals surface area contributed by atoms with E-state index in [1.165, 1.54) is 0 Å². The highest BCUT2D eigenvalue weighted by molar-refractivity contribution is 6.12. The Balaban J connectivity index is 0.000000201. The van der Waals surface area contributed by atoms with Crippen LogP contribution in [0.3, 0.4) is 0 Å². The molecular weight excluding hydrogens is 460 g/mol. The molecule has 0 saturated heterocycles. The zero-order valence-electron chi connectivity index (χ0n) is 21.8. The topological polar surface area (TPSA) is 95.8 Å². The Morgan fingerprint density at radius 1 is 0.806 bits per heavy atom. The molecule has 2 aromatic rings. The van der Waals surface area contributed by atoms with Gasteiger partial charge in [0.25, 0.3) is 5.60 Å². The summed E-state index contributed by atoms with van der Waals surface area (Å²) in [4.78, 5) is 35.0. The first-order valence-corrected chi connectivity index (χ1v) is 12.1. The second kappa shape index (κ2) is 11.4. The van der Waals surface area contributed by atoms with E-state index in [0.29, 0.717) is 25.3 Å². The predicted octanol–water partition coefficient (Wildman–Crippen LogP) is 4.75. The molecule has 2 heterocycles. The molecule has 2 atom stereocenters. The van der Waals surface area contributed by atoms with Gasteiger partial charge in [0, 0.05) is 12.0 Å². The maximum Gasteiger partial charge on any atom is 0.358 e. The van der Waals surface area contributed by atoms with Gasteiger partial charge in [0.05, 0.1) is 24.6 Å². The minimum Gasteiger partial charge on any atom is -0.465 e. The molecule has 192 valence electrons. The number of hydrogen-bond donors (Lipinski definition) is 0. The molecule has 0 bridgehead atoms. The average Bonchev–Trinajstić information content (AvgIpc) is 3.45. The highest BCUT2D eigenvalue weighted by Gasteiger charge is 2.50. The summed E-state index contributed by atoms with van der Waals surface area (Å²) < 4.78 is 10.3. The Kier molecular flexibility index (Phi) is 8.50. The SMILES string of the molecule is CCOC(=O)[C@@]1(c2ccc(C)cc2)CC(C)=NO1.CCOC(=O)[C@]1(c2ccc(C)cc2)CON=C1C. The van der Waals surface area contributed by atoms with Gasteiger partial charge in [-0.25, -0.2) is 4.79 Å². The van der Waals surface area contributed by atoms with Gasteiger partial charge in [0.15, 0.2) is 5.41 Å². The number of oxime groups is 2. The molecule has 0 aromatic heterocycles.